The van der Waals surface area contributed by atoms with Gasteiger partial charge in [-0.2, -0.15) is 0 Å². The van der Waals surface area contributed by atoms with Gasteiger partial charge in [0.15, 0.2) is 11.5 Å². The van der Waals surface area contributed by atoms with Crippen molar-refractivity contribution >= 4 is 40.3 Å². The van der Waals surface area contributed by atoms with Crippen LogP contribution in [-0.4, -0.2) is 30.4 Å². The van der Waals surface area contributed by atoms with E-state index in [9.17, 15) is 4.79 Å². The number of thioether (sulfide) groups is 1. The average molecular weight is 634 g/mol. The number of amides is 1. The Labute approximate surface area is 257 Å². The van der Waals surface area contributed by atoms with Gasteiger partial charge in [0.2, 0.25) is 0 Å². The minimum absolute atomic E-state index is 0. The first kappa shape index (κ1) is 34.1. The highest BCUT2D eigenvalue weighted by molar-refractivity contribution is 8.93. The fourth-order valence-corrected chi connectivity index (χ4v) is 5.82. The molecule has 0 saturated heterocycles. The molecule has 0 saturated carbocycles. The van der Waals surface area contributed by atoms with Crippen LogP contribution in [0.1, 0.15) is 107 Å². The van der Waals surface area contributed by atoms with Crippen LogP contribution in [0.5, 0.6) is 11.5 Å². The molecule has 2 aromatic rings. The molecule has 2 aromatic carbocycles. The molecule has 3 rings (SSSR count). The highest BCUT2D eigenvalue weighted by atomic mass is 79.9. The Hall–Kier alpha value is -2.12. The smallest absolute Gasteiger partial charge is 0.259 e. The van der Waals surface area contributed by atoms with Crippen LogP contribution in [0.4, 0.5) is 5.69 Å². The van der Waals surface area contributed by atoms with Crippen LogP contribution in [-0.2, 0) is 6.54 Å². The lowest BCUT2D eigenvalue weighted by Crippen LogP contribution is -2.17. The molecule has 7 heteroatoms. The maximum Gasteiger partial charge on any atom is 0.259 e. The standard InChI is InChI=1S/C33H48N2O3S.BrH/c1-4-5-6-7-8-9-10-11-12-13-14-15-22-38-32-30(20-17-21-31(32)37-3)33(36)34-29-19-16-18-28(23-29)24-35-26-39-25-27(35)2;/h16-21,23,25H,4-15,22,24,26H2,1-3H3,(H,34,36);1H. The number of rotatable bonds is 19. The van der Waals surface area contributed by atoms with Gasteiger partial charge in [-0.1, -0.05) is 95.8 Å². The zero-order valence-electron chi connectivity index (χ0n) is 24.7. The van der Waals surface area contributed by atoms with E-state index in [1.165, 1.54) is 69.9 Å². The molecule has 222 valence electrons. The van der Waals surface area contributed by atoms with Crippen LogP contribution in [0.15, 0.2) is 53.6 Å². The Morgan fingerprint density at radius 2 is 1.57 bits per heavy atom. The SMILES string of the molecule is Br.CCCCCCCCCCCCCCOc1c(OC)cccc1C(=O)Nc1cccc(CN2CSC=C2C)c1. The second-order valence-corrected chi connectivity index (χ2v) is 11.3. The first-order valence-electron chi connectivity index (χ1n) is 14.9. The van der Waals surface area contributed by atoms with E-state index >= 15 is 0 Å². The number of anilines is 1. The number of halogens is 1. The summed E-state index contributed by atoms with van der Waals surface area (Å²) in [4.78, 5) is 15.6. The molecule has 1 aliphatic heterocycles. The molecule has 5 nitrogen and oxygen atoms in total. The van der Waals surface area contributed by atoms with E-state index < -0.39 is 0 Å². The Bertz CT molecular complexity index is 1050. The lowest BCUT2D eigenvalue weighted by atomic mass is 10.1. The molecule has 0 atom stereocenters. The van der Waals surface area contributed by atoms with E-state index in [-0.39, 0.29) is 22.9 Å². The van der Waals surface area contributed by atoms with E-state index in [1.807, 2.05) is 42.1 Å². The predicted molar refractivity (Wildman–Crippen MR) is 176 cm³/mol. The summed E-state index contributed by atoms with van der Waals surface area (Å²) in [5.74, 6) is 1.88. The van der Waals surface area contributed by atoms with Crippen molar-refractivity contribution in [1.29, 1.82) is 0 Å². The zero-order chi connectivity index (χ0) is 27.7. The van der Waals surface area contributed by atoms with Crippen molar-refractivity contribution in [3.05, 3.63) is 64.7 Å². The number of nitrogens with zero attached hydrogens (tertiary/aromatic N) is 1. The number of allylic oxidation sites excluding steroid dienone is 1. The van der Waals surface area contributed by atoms with Crippen molar-refractivity contribution < 1.29 is 14.3 Å². The van der Waals surface area contributed by atoms with Gasteiger partial charge in [0.05, 0.1) is 25.2 Å². The van der Waals surface area contributed by atoms with Gasteiger partial charge in [0.1, 0.15) is 0 Å². The predicted octanol–water partition coefficient (Wildman–Crippen LogP) is 9.97. The molecule has 1 N–H and O–H groups in total. The first-order chi connectivity index (χ1) is 19.1. The summed E-state index contributed by atoms with van der Waals surface area (Å²) >= 11 is 1.81. The lowest BCUT2D eigenvalue weighted by Gasteiger charge is -2.19. The van der Waals surface area contributed by atoms with E-state index in [4.69, 9.17) is 9.47 Å². The van der Waals surface area contributed by atoms with Crippen molar-refractivity contribution in [2.75, 3.05) is 24.9 Å². The average Bonchev–Trinajstić information content (AvgIpc) is 3.35. The van der Waals surface area contributed by atoms with E-state index in [0.717, 1.165) is 36.5 Å². The van der Waals surface area contributed by atoms with Crippen molar-refractivity contribution in [1.82, 2.24) is 4.90 Å². The molecule has 1 heterocycles. The van der Waals surface area contributed by atoms with Crippen LogP contribution in [0.3, 0.4) is 0 Å². The Kier molecular flexibility index (Phi) is 16.9. The highest BCUT2D eigenvalue weighted by Gasteiger charge is 2.18. The van der Waals surface area contributed by atoms with Crippen LogP contribution in [0.2, 0.25) is 0 Å². The lowest BCUT2D eigenvalue weighted by molar-refractivity contribution is 0.102. The molecular weight excluding hydrogens is 584 g/mol. The van der Waals surface area contributed by atoms with Gasteiger partial charge in [-0.15, -0.1) is 28.7 Å². The summed E-state index contributed by atoms with van der Waals surface area (Å²) in [5, 5.41) is 5.25. The number of unbranched alkanes of at least 4 members (excludes halogenated alkanes) is 11. The molecule has 1 aliphatic rings. The molecular formula is C33H49BrN2O3S. The van der Waals surface area contributed by atoms with Gasteiger partial charge < -0.3 is 19.7 Å². The van der Waals surface area contributed by atoms with Gasteiger partial charge in [0, 0.05) is 17.9 Å². The summed E-state index contributed by atoms with van der Waals surface area (Å²) < 4.78 is 11.7. The molecule has 1 amide bonds. The van der Waals surface area contributed by atoms with Gasteiger partial charge in [-0.25, -0.2) is 0 Å². The van der Waals surface area contributed by atoms with Crippen LogP contribution < -0.4 is 14.8 Å². The van der Waals surface area contributed by atoms with Gasteiger partial charge in [0.25, 0.3) is 5.91 Å². The number of hydrogen-bond donors (Lipinski definition) is 1. The van der Waals surface area contributed by atoms with Crippen LogP contribution in [0, 0.1) is 0 Å². The second kappa shape index (κ2) is 19.9. The molecule has 0 spiro atoms. The summed E-state index contributed by atoms with van der Waals surface area (Å²) in [5.41, 5.74) is 3.71. The third-order valence-corrected chi connectivity index (χ3v) is 8.20. The van der Waals surface area contributed by atoms with E-state index in [2.05, 4.69) is 35.5 Å². The minimum atomic E-state index is -0.191. The summed E-state index contributed by atoms with van der Waals surface area (Å²) in [7, 11) is 1.62. The first-order valence-corrected chi connectivity index (χ1v) is 15.9. The maximum atomic E-state index is 13.3. The van der Waals surface area contributed by atoms with Gasteiger partial charge in [-0.3, -0.25) is 4.79 Å². The monoisotopic (exact) mass is 632 g/mol. The fraction of sp³-hybridized carbons (Fsp3) is 0.545. The highest BCUT2D eigenvalue weighted by Crippen LogP contribution is 2.32. The third-order valence-electron chi connectivity index (χ3n) is 7.23. The molecule has 0 fully saturated rings. The normalized spacial score (nSPS) is 12.6. The zero-order valence-corrected chi connectivity index (χ0v) is 27.2. The fourth-order valence-electron chi connectivity index (χ4n) is 4.88. The van der Waals surface area contributed by atoms with Crippen molar-refractivity contribution in [3.63, 3.8) is 0 Å². The van der Waals surface area contributed by atoms with Crippen molar-refractivity contribution in [2.24, 2.45) is 0 Å². The van der Waals surface area contributed by atoms with Crippen molar-refractivity contribution in [3.8, 4) is 11.5 Å². The molecule has 40 heavy (non-hydrogen) atoms. The molecule has 0 radical (unpaired) electrons. The summed E-state index contributed by atoms with van der Waals surface area (Å²) in [6.07, 6.45) is 15.6. The topological polar surface area (TPSA) is 50.8 Å². The van der Waals surface area contributed by atoms with Crippen LogP contribution in [0.25, 0.3) is 0 Å². The molecule has 0 unspecified atom stereocenters. The maximum absolute atomic E-state index is 13.3. The largest absolute Gasteiger partial charge is 0.493 e. The number of para-hydroxylation sites is 1. The van der Waals surface area contributed by atoms with E-state index in [1.54, 1.807) is 13.2 Å². The number of ether oxygens (including phenoxy) is 2. The Morgan fingerprint density at radius 1 is 0.925 bits per heavy atom. The number of nitrogens with one attached hydrogen (secondary N) is 1. The second-order valence-electron chi connectivity index (χ2n) is 10.5. The van der Waals surface area contributed by atoms with E-state index in [0.29, 0.717) is 23.7 Å². The molecule has 0 aliphatic carbocycles. The quantitative estimate of drug-likeness (QED) is 0.156. The number of hydrogen-bond acceptors (Lipinski definition) is 5. The Morgan fingerprint density at radius 3 is 2.20 bits per heavy atom. The molecule has 0 bridgehead atoms. The summed E-state index contributed by atoms with van der Waals surface area (Å²) in [6, 6.07) is 13.5. The molecule has 0 aromatic heterocycles. The Balaban J connectivity index is 0.00000560. The number of methoxy groups -OCH3 is 1. The van der Waals surface area contributed by atoms with Crippen molar-refractivity contribution in [2.45, 2.75) is 97.4 Å². The minimum Gasteiger partial charge on any atom is -0.493 e. The number of benzene rings is 2. The van der Waals surface area contributed by atoms with Gasteiger partial charge >= 0.3 is 0 Å². The number of carbonyl (C=O) groups is 1. The van der Waals surface area contributed by atoms with Gasteiger partial charge in [-0.05, 0) is 48.6 Å². The third kappa shape index (κ3) is 11.8. The number of carbonyl (C=O) groups excluding carboxylic acids is 1. The van der Waals surface area contributed by atoms with Crippen LogP contribution >= 0.6 is 28.7 Å². The summed E-state index contributed by atoms with van der Waals surface area (Å²) in [6.45, 7) is 5.80.